The number of benzene rings is 1. The van der Waals surface area contributed by atoms with Gasteiger partial charge in [0.25, 0.3) is 0 Å². The van der Waals surface area contributed by atoms with Crippen molar-refractivity contribution in [2.24, 2.45) is 11.7 Å². The van der Waals surface area contributed by atoms with Crippen molar-refractivity contribution in [3.8, 4) is 0 Å². The lowest BCUT2D eigenvalue weighted by Crippen LogP contribution is -2.24. The van der Waals surface area contributed by atoms with Crippen LogP contribution in [0, 0.1) is 5.92 Å². The third kappa shape index (κ3) is 2.99. The quantitative estimate of drug-likeness (QED) is 0.795. The number of anilines is 1. The standard InChI is InChI=1S/C14H22N2/c1-2-16(10-9-12-3-4-12)14-7-5-13(11-15)6-8-14/h5-8,12H,2-4,9-11,15H2,1H3. The minimum absolute atomic E-state index is 0.633. The molecule has 1 aromatic rings. The lowest BCUT2D eigenvalue weighted by Gasteiger charge is -2.23. The van der Waals surface area contributed by atoms with E-state index in [1.165, 1.54) is 37.1 Å². The highest BCUT2D eigenvalue weighted by atomic mass is 15.1. The molecule has 0 unspecified atom stereocenters. The highest BCUT2D eigenvalue weighted by Gasteiger charge is 2.21. The summed E-state index contributed by atoms with van der Waals surface area (Å²) in [4.78, 5) is 2.46. The summed E-state index contributed by atoms with van der Waals surface area (Å²) >= 11 is 0. The van der Waals surface area contributed by atoms with Crippen LogP contribution in [0.5, 0.6) is 0 Å². The highest BCUT2D eigenvalue weighted by molar-refractivity contribution is 5.47. The highest BCUT2D eigenvalue weighted by Crippen LogP contribution is 2.32. The molecule has 0 aromatic heterocycles. The molecule has 0 amide bonds. The molecule has 0 aliphatic heterocycles. The van der Waals surface area contributed by atoms with Crippen LogP contribution in [-0.4, -0.2) is 13.1 Å². The van der Waals surface area contributed by atoms with Gasteiger partial charge in [0.2, 0.25) is 0 Å². The molecule has 2 nitrogen and oxygen atoms in total. The minimum atomic E-state index is 0.633. The molecular weight excluding hydrogens is 196 g/mol. The van der Waals surface area contributed by atoms with Gasteiger partial charge in [-0.3, -0.25) is 0 Å². The van der Waals surface area contributed by atoms with E-state index in [2.05, 4.69) is 36.1 Å². The number of nitrogens with zero attached hydrogens (tertiary/aromatic N) is 1. The van der Waals surface area contributed by atoms with E-state index in [1.54, 1.807) is 0 Å². The molecule has 2 N–H and O–H groups in total. The van der Waals surface area contributed by atoms with Crippen molar-refractivity contribution < 1.29 is 0 Å². The summed E-state index contributed by atoms with van der Waals surface area (Å²) < 4.78 is 0. The average molecular weight is 218 g/mol. The van der Waals surface area contributed by atoms with Gasteiger partial charge in [-0.2, -0.15) is 0 Å². The number of hydrogen-bond acceptors (Lipinski definition) is 2. The first kappa shape index (κ1) is 11.5. The van der Waals surface area contributed by atoms with Crippen LogP contribution in [0.2, 0.25) is 0 Å². The van der Waals surface area contributed by atoms with Gasteiger partial charge < -0.3 is 10.6 Å². The fourth-order valence-corrected chi connectivity index (χ4v) is 2.06. The van der Waals surface area contributed by atoms with Crippen LogP contribution in [0.1, 0.15) is 31.7 Å². The van der Waals surface area contributed by atoms with Crippen LogP contribution < -0.4 is 10.6 Å². The minimum Gasteiger partial charge on any atom is -0.372 e. The van der Waals surface area contributed by atoms with Crippen molar-refractivity contribution in [1.29, 1.82) is 0 Å². The van der Waals surface area contributed by atoms with E-state index in [1.807, 2.05) is 0 Å². The maximum atomic E-state index is 5.60. The maximum Gasteiger partial charge on any atom is 0.0366 e. The Morgan fingerprint density at radius 1 is 1.25 bits per heavy atom. The third-order valence-corrected chi connectivity index (χ3v) is 3.42. The van der Waals surface area contributed by atoms with E-state index in [0.29, 0.717) is 6.54 Å². The predicted octanol–water partition coefficient (Wildman–Crippen LogP) is 2.77. The first-order chi connectivity index (χ1) is 7.83. The Morgan fingerprint density at radius 3 is 2.44 bits per heavy atom. The Labute approximate surface area is 98.4 Å². The molecule has 2 heteroatoms. The Kier molecular flexibility index (Phi) is 3.83. The van der Waals surface area contributed by atoms with Gasteiger partial charge in [-0.25, -0.2) is 0 Å². The Hall–Kier alpha value is -1.02. The third-order valence-electron chi connectivity index (χ3n) is 3.42. The summed E-state index contributed by atoms with van der Waals surface area (Å²) in [6, 6.07) is 8.65. The molecule has 16 heavy (non-hydrogen) atoms. The summed E-state index contributed by atoms with van der Waals surface area (Å²) in [5.74, 6) is 1.01. The molecule has 1 aliphatic rings. The van der Waals surface area contributed by atoms with Crippen LogP contribution >= 0.6 is 0 Å². The Balaban J connectivity index is 1.94. The molecule has 2 rings (SSSR count). The maximum absolute atomic E-state index is 5.60. The summed E-state index contributed by atoms with van der Waals surface area (Å²) in [7, 11) is 0. The molecule has 0 radical (unpaired) electrons. The van der Waals surface area contributed by atoms with Crippen molar-refractivity contribution in [1.82, 2.24) is 0 Å². The fourth-order valence-electron chi connectivity index (χ4n) is 2.06. The molecule has 0 atom stereocenters. The van der Waals surface area contributed by atoms with Crippen LogP contribution in [0.25, 0.3) is 0 Å². The molecular formula is C14H22N2. The first-order valence-corrected chi connectivity index (χ1v) is 6.37. The average Bonchev–Trinajstić information content (AvgIpc) is 3.15. The van der Waals surface area contributed by atoms with E-state index in [4.69, 9.17) is 5.73 Å². The van der Waals surface area contributed by atoms with Crippen LogP contribution in [0.3, 0.4) is 0 Å². The zero-order valence-electron chi connectivity index (χ0n) is 10.2. The molecule has 1 fully saturated rings. The van der Waals surface area contributed by atoms with E-state index >= 15 is 0 Å². The molecule has 0 bridgehead atoms. The summed E-state index contributed by atoms with van der Waals surface area (Å²) in [6.45, 7) is 5.15. The topological polar surface area (TPSA) is 29.3 Å². The largest absolute Gasteiger partial charge is 0.372 e. The van der Waals surface area contributed by atoms with Gasteiger partial charge in [-0.05, 0) is 37.0 Å². The summed E-state index contributed by atoms with van der Waals surface area (Å²) in [6.07, 6.45) is 4.25. The van der Waals surface area contributed by atoms with Gasteiger partial charge in [0.1, 0.15) is 0 Å². The van der Waals surface area contributed by atoms with Crippen LogP contribution in [-0.2, 0) is 6.54 Å². The van der Waals surface area contributed by atoms with Gasteiger partial charge in [0.15, 0.2) is 0 Å². The van der Waals surface area contributed by atoms with Gasteiger partial charge in [0.05, 0.1) is 0 Å². The molecule has 0 spiro atoms. The van der Waals surface area contributed by atoms with Crippen LogP contribution in [0.4, 0.5) is 5.69 Å². The number of rotatable bonds is 6. The van der Waals surface area contributed by atoms with E-state index < -0.39 is 0 Å². The van der Waals surface area contributed by atoms with Gasteiger partial charge in [-0.1, -0.05) is 25.0 Å². The van der Waals surface area contributed by atoms with Gasteiger partial charge >= 0.3 is 0 Å². The fraction of sp³-hybridized carbons (Fsp3) is 0.571. The van der Waals surface area contributed by atoms with E-state index in [9.17, 15) is 0 Å². The molecule has 1 aliphatic carbocycles. The summed E-state index contributed by atoms with van der Waals surface area (Å²) in [5.41, 5.74) is 8.15. The number of nitrogens with two attached hydrogens (primary N) is 1. The monoisotopic (exact) mass is 218 g/mol. The second-order valence-electron chi connectivity index (χ2n) is 4.68. The Bertz CT molecular complexity index is 314. The SMILES string of the molecule is CCN(CCC1CC1)c1ccc(CN)cc1. The molecule has 1 aromatic carbocycles. The van der Waals surface area contributed by atoms with Crippen molar-refractivity contribution in [3.63, 3.8) is 0 Å². The zero-order valence-corrected chi connectivity index (χ0v) is 10.2. The van der Waals surface area contributed by atoms with Gasteiger partial charge in [0, 0.05) is 25.3 Å². The second-order valence-corrected chi connectivity index (χ2v) is 4.68. The van der Waals surface area contributed by atoms with Crippen molar-refractivity contribution in [3.05, 3.63) is 29.8 Å². The predicted molar refractivity (Wildman–Crippen MR) is 69.6 cm³/mol. The lowest BCUT2D eigenvalue weighted by atomic mass is 10.2. The van der Waals surface area contributed by atoms with E-state index in [0.717, 1.165) is 12.5 Å². The normalized spacial score (nSPS) is 15.1. The number of hydrogen-bond donors (Lipinski definition) is 1. The molecule has 0 saturated heterocycles. The van der Waals surface area contributed by atoms with Crippen molar-refractivity contribution in [2.45, 2.75) is 32.7 Å². The lowest BCUT2D eigenvalue weighted by molar-refractivity contribution is 0.687. The van der Waals surface area contributed by atoms with Gasteiger partial charge in [-0.15, -0.1) is 0 Å². The van der Waals surface area contributed by atoms with Crippen molar-refractivity contribution >= 4 is 5.69 Å². The molecule has 1 saturated carbocycles. The van der Waals surface area contributed by atoms with Crippen molar-refractivity contribution in [2.75, 3.05) is 18.0 Å². The zero-order chi connectivity index (χ0) is 11.4. The van der Waals surface area contributed by atoms with Crippen LogP contribution in [0.15, 0.2) is 24.3 Å². The molecule has 88 valence electrons. The summed E-state index contributed by atoms with van der Waals surface area (Å²) in [5, 5.41) is 0. The first-order valence-electron chi connectivity index (χ1n) is 6.37. The Morgan fingerprint density at radius 2 is 1.94 bits per heavy atom. The second kappa shape index (κ2) is 5.35. The van der Waals surface area contributed by atoms with E-state index in [-0.39, 0.29) is 0 Å². The smallest absolute Gasteiger partial charge is 0.0366 e. The molecule has 0 heterocycles.